The molecule has 1 aromatic heterocycles. The van der Waals surface area contributed by atoms with Gasteiger partial charge in [-0.25, -0.2) is 0 Å². The molecule has 1 unspecified atom stereocenters. The summed E-state index contributed by atoms with van der Waals surface area (Å²) in [5, 5.41) is 12.7. The molecule has 3 rings (SSSR count). The van der Waals surface area contributed by atoms with Gasteiger partial charge in [0.1, 0.15) is 11.9 Å². The third-order valence-corrected chi connectivity index (χ3v) is 3.96. The summed E-state index contributed by atoms with van der Waals surface area (Å²) in [6.07, 6.45) is -0.828. The van der Waals surface area contributed by atoms with Crippen molar-refractivity contribution < 1.29 is 9.52 Å². The molecule has 0 aliphatic heterocycles. The summed E-state index contributed by atoms with van der Waals surface area (Å²) in [4.78, 5) is 0. The van der Waals surface area contributed by atoms with Gasteiger partial charge in [-0.3, -0.25) is 0 Å². The van der Waals surface area contributed by atoms with Crippen molar-refractivity contribution in [3.05, 3.63) is 69.5 Å². The number of aliphatic hydroxyl groups is 1. The van der Waals surface area contributed by atoms with E-state index >= 15 is 0 Å². The number of furan rings is 1. The fourth-order valence-electron chi connectivity index (χ4n) is 2.15. The second kappa shape index (κ2) is 5.00. The van der Waals surface area contributed by atoms with Crippen molar-refractivity contribution >= 4 is 38.3 Å². The van der Waals surface area contributed by atoms with Gasteiger partial charge < -0.3 is 9.52 Å². The van der Waals surface area contributed by atoms with Gasteiger partial charge >= 0.3 is 0 Å². The van der Waals surface area contributed by atoms with Crippen LogP contribution in [0.15, 0.2) is 57.4 Å². The Morgan fingerprint density at radius 3 is 2.42 bits per heavy atom. The molecular weight excluding hydrogens is 328 g/mol. The number of hydrogen-bond acceptors (Lipinski definition) is 2. The van der Waals surface area contributed by atoms with Gasteiger partial charge in [0.25, 0.3) is 0 Å². The van der Waals surface area contributed by atoms with Gasteiger partial charge in [0.15, 0.2) is 5.22 Å². The third kappa shape index (κ3) is 2.29. The van der Waals surface area contributed by atoms with E-state index in [1.54, 1.807) is 12.1 Å². The van der Waals surface area contributed by atoms with Gasteiger partial charge in [-0.05, 0) is 46.1 Å². The van der Waals surface area contributed by atoms with Crippen LogP contribution < -0.4 is 0 Å². The van der Waals surface area contributed by atoms with Crippen LogP contribution in [0.5, 0.6) is 0 Å². The second-order valence-corrected chi connectivity index (χ2v) is 5.45. The highest BCUT2D eigenvalue weighted by Gasteiger charge is 2.17. The molecule has 2 aromatic carbocycles. The Labute approximate surface area is 123 Å². The molecule has 0 amide bonds. The van der Waals surface area contributed by atoms with E-state index in [1.165, 1.54) is 0 Å². The lowest BCUT2D eigenvalue weighted by molar-refractivity contribution is 0.191. The first kappa shape index (κ1) is 12.7. The molecule has 0 aliphatic carbocycles. The van der Waals surface area contributed by atoms with E-state index < -0.39 is 6.10 Å². The van der Waals surface area contributed by atoms with E-state index in [1.807, 2.05) is 36.4 Å². The number of rotatable bonds is 2. The molecule has 1 heterocycles. The highest BCUT2D eigenvalue weighted by molar-refractivity contribution is 9.10. The maximum absolute atomic E-state index is 10.4. The Balaban J connectivity index is 2.18. The lowest BCUT2D eigenvalue weighted by Gasteiger charge is -2.12. The molecule has 0 fully saturated rings. The Kier molecular flexibility index (Phi) is 3.35. The van der Waals surface area contributed by atoms with Crippen LogP contribution in [0.3, 0.4) is 0 Å². The largest absolute Gasteiger partial charge is 0.447 e. The minimum atomic E-state index is -0.828. The summed E-state index contributed by atoms with van der Waals surface area (Å²) in [6.45, 7) is 0. The van der Waals surface area contributed by atoms with Crippen LogP contribution in [0.1, 0.15) is 17.4 Å². The van der Waals surface area contributed by atoms with Gasteiger partial charge in [0, 0.05) is 4.47 Å². The van der Waals surface area contributed by atoms with Crippen molar-refractivity contribution in [3.8, 4) is 0 Å². The molecule has 0 saturated heterocycles. The maximum atomic E-state index is 10.4. The molecule has 1 N–H and O–H groups in total. The fraction of sp³-hybridized carbons (Fsp3) is 0.0667. The Morgan fingerprint density at radius 1 is 1.00 bits per heavy atom. The highest BCUT2D eigenvalue weighted by Crippen LogP contribution is 2.33. The zero-order valence-corrected chi connectivity index (χ0v) is 12.1. The summed E-state index contributed by atoms with van der Waals surface area (Å²) < 4.78 is 6.28. The van der Waals surface area contributed by atoms with Gasteiger partial charge in [0.2, 0.25) is 0 Å². The molecule has 0 saturated carbocycles. The van der Waals surface area contributed by atoms with E-state index in [-0.39, 0.29) is 5.22 Å². The molecular formula is C15H10BrClO2. The van der Waals surface area contributed by atoms with Crippen molar-refractivity contribution in [3.63, 3.8) is 0 Å². The first-order valence-electron chi connectivity index (χ1n) is 5.77. The van der Waals surface area contributed by atoms with E-state index in [9.17, 15) is 5.11 Å². The van der Waals surface area contributed by atoms with Crippen LogP contribution in [-0.4, -0.2) is 5.11 Å². The van der Waals surface area contributed by atoms with Crippen LogP contribution in [0.4, 0.5) is 0 Å². The highest BCUT2D eigenvalue weighted by atomic mass is 79.9. The Hall–Kier alpha value is -1.29. The average Bonchev–Trinajstić information content (AvgIpc) is 2.86. The first-order valence-corrected chi connectivity index (χ1v) is 6.94. The number of benzene rings is 2. The first-order chi connectivity index (χ1) is 9.16. The van der Waals surface area contributed by atoms with E-state index in [0.717, 1.165) is 20.8 Å². The monoisotopic (exact) mass is 336 g/mol. The van der Waals surface area contributed by atoms with E-state index in [0.29, 0.717) is 5.76 Å². The average molecular weight is 338 g/mol. The van der Waals surface area contributed by atoms with Gasteiger partial charge in [-0.1, -0.05) is 46.3 Å². The second-order valence-electron chi connectivity index (χ2n) is 4.23. The molecule has 4 heteroatoms. The Morgan fingerprint density at radius 2 is 1.74 bits per heavy atom. The SMILES string of the molecule is OC(c1ccc(Cl)o1)c1ccc(Br)c2ccccc12. The zero-order valence-electron chi connectivity index (χ0n) is 9.81. The molecule has 0 bridgehead atoms. The molecule has 3 aromatic rings. The summed E-state index contributed by atoms with van der Waals surface area (Å²) in [6, 6.07) is 15.0. The van der Waals surface area contributed by atoms with Crippen LogP contribution in [-0.2, 0) is 0 Å². The molecule has 0 spiro atoms. The summed E-state index contributed by atoms with van der Waals surface area (Å²) in [5.41, 5.74) is 0.796. The minimum absolute atomic E-state index is 0.274. The molecule has 96 valence electrons. The fourth-order valence-corrected chi connectivity index (χ4v) is 2.78. The standard InChI is InChI=1S/C15H10BrClO2/c16-12-6-5-11(9-3-1-2-4-10(9)12)15(18)13-7-8-14(17)19-13/h1-8,15,18H. The lowest BCUT2D eigenvalue weighted by Crippen LogP contribution is -1.99. The van der Waals surface area contributed by atoms with Crippen LogP contribution in [0.2, 0.25) is 5.22 Å². The number of fused-ring (bicyclic) bond motifs is 1. The van der Waals surface area contributed by atoms with Crippen LogP contribution >= 0.6 is 27.5 Å². The molecule has 19 heavy (non-hydrogen) atoms. The maximum Gasteiger partial charge on any atom is 0.193 e. The Bertz CT molecular complexity index is 736. The number of aliphatic hydroxyl groups excluding tert-OH is 1. The summed E-state index contributed by atoms with van der Waals surface area (Å²) >= 11 is 9.26. The van der Waals surface area contributed by atoms with Crippen molar-refractivity contribution in [2.24, 2.45) is 0 Å². The topological polar surface area (TPSA) is 33.4 Å². The van der Waals surface area contributed by atoms with Crippen molar-refractivity contribution in [2.45, 2.75) is 6.10 Å². The van der Waals surface area contributed by atoms with E-state index in [4.69, 9.17) is 16.0 Å². The number of hydrogen-bond donors (Lipinski definition) is 1. The normalized spacial score (nSPS) is 12.8. The van der Waals surface area contributed by atoms with Crippen molar-refractivity contribution in [1.29, 1.82) is 0 Å². The summed E-state index contributed by atoms with van der Waals surface area (Å²) in [7, 11) is 0. The zero-order chi connectivity index (χ0) is 13.4. The quantitative estimate of drug-likeness (QED) is 0.719. The third-order valence-electron chi connectivity index (χ3n) is 3.06. The predicted molar refractivity (Wildman–Crippen MR) is 79.4 cm³/mol. The van der Waals surface area contributed by atoms with Crippen LogP contribution in [0.25, 0.3) is 10.8 Å². The van der Waals surface area contributed by atoms with Gasteiger partial charge in [-0.2, -0.15) is 0 Å². The predicted octanol–water partition coefficient (Wildman–Crippen LogP) is 4.93. The van der Waals surface area contributed by atoms with Crippen molar-refractivity contribution in [1.82, 2.24) is 0 Å². The smallest absolute Gasteiger partial charge is 0.193 e. The van der Waals surface area contributed by atoms with Crippen LogP contribution in [0, 0.1) is 0 Å². The van der Waals surface area contributed by atoms with Gasteiger partial charge in [-0.15, -0.1) is 0 Å². The minimum Gasteiger partial charge on any atom is -0.447 e. The molecule has 0 aliphatic rings. The molecule has 0 radical (unpaired) electrons. The molecule has 1 atom stereocenters. The summed E-state index contributed by atoms with van der Waals surface area (Å²) in [5.74, 6) is 0.442. The van der Waals surface area contributed by atoms with Gasteiger partial charge in [0.05, 0.1) is 0 Å². The number of halogens is 2. The van der Waals surface area contributed by atoms with E-state index in [2.05, 4.69) is 15.9 Å². The lowest BCUT2D eigenvalue weighted by atomic mass is 9.99. The molecule has 2 nitrogen and oxygen atoms in total. The van der Waals surface area contributed by atoms with Crippen molar-refractivity contribution in [2.75, 3.05) is 0 Å².